The fourth-order valence-corrected chi connectivity index (χ4v) is 7.54. The minimum absolute atomic E-state index is 0.0106. The molecule has 2 fully saturated rings. The highest BCUT2D eigenvalue weighted by molar-refractivity contribution is 9.10. The Balaban J connectivity index is 1.20. The van der Waals surface area contributed by atoms with Crippen LogP contribution in [0.2, 0.25) is 0 Å². The van der Waals surface area contributed by atoms with E-state index in [-0.39, 0.29) is 47.6 Å². The molecule has 3 aliphatic rings. The summed E-state index contributed by atoms with van der Waals surface area (Å²) < 4.78 is 2.26. The largest absolute Gasteiger partial charge is 0.327 e. The number of Topliss-reactive ketones (excluding diaryl/α,β-unsaturated/α-hetero) is 2. The van der Waals surface area contributed by atoms with Crippen LogP contribution in [0.1, 0.15) is 79.4 Å². The van der Waals surface area contributed by atoms with Gasteiger partial charge >= 0.3 is 0 Å². The predicted octanol–water partition coefficient (Wildman–Crippen LogP) is 5.79. The van der Waals surface area contributed by atoms with Crippen molar-refractivity contribution in [2.75, 3.05) is 0 Å². The lowest BCUT2D eigenvalue weighted by atomic mass is 9.93. The lowest BCUT2D eigenvalue weighted by Gasteiger charge is -2.27. The van der Waals surface area contributed by atoms with Crippen LogP contribution in [0, 0.1) is 12.3 Å². The molecule has 1 aliphatic heterocycles. The summed E-state index contributed by atoms with van der Waals surface area (Å²) in [6.07, 6.45) is 17.6. The molecule has 236 valence electrons. The molecule has 4 aromatic heterocycles. The van der Waals surface area contributed by atoms with Crippen LogP contribution in [0.25, 0.3) is 22.2 Å². The zero-order valence-corrected chi connectivity index (χ0v) is 27.7. The van der Waals surface area contributed by atoms with Gasteiger partial charge in [0.1, 0.15) is 22.7 Å². The third-order valence-electron chi connectivity index (χ3n) is 9.71. The number of pyridine rings is 2. The number of aryl methyl sites for hydroxylation is 2. The number of halogens is 1. The van der Waals surface area contributed by atoms with E-state index in [0.717, 1.165) is 55.3 Å². The monoisotopic (exact) mass is 681 g/mol. The minimum atomic E-state index is -0.546. The third kappa shape index (κ3) is 5.81. The number of aromatic nitrogens is 6. The van der Waals surface area contributed by atoms with E-state index in [1.165, 1.54) is 13.3 Å². The Hall–Kier alpha value is -4.12. The number of rotatable bonds is 4. The first-order valence-electron chi connectivity index (χ1n) is 16.0. The summed E-state index contributed by atoms with van der Waals surface area (Å²) in [6.45, 7) is 3.18. The normalized spacial score (nSPS) is 23.0. The number of piperidine rings is 1. The van der Waals surface area contributed by atoms with Crippen LogP contribution in [0.4, 0.5) is 0 Å². The van der Waals surface area contributed by atoms with Gasteiger partial charge in [0.25, 0.3) is 0 Å². The van der Waals surface area contributed by atoms with E-state index in [9.17, 15) is 14.4 Å². The molecule has 0 unspecified atom stereocenters. The van der Waals surface area contributed by atoms with Gasteiger partial charge in [-0.1, -0.05) is 31.1 Å². The average Bonchev–Trinajstić information content (AvgIpc) is 3.45. The molecule has 10 nitrogen and oxygen atoms in total. The van der Waals surface area contributed by atoms with Gasteiger partial charge in [0, 0.05) is 41.7 Å². The topological polar surface area (TPSA) is 124 Å². The van der Waals surface area contributed by atoms with Crippen LogP contribution in [0.15, 0.2) is 53.5 Å². The van der Waals surface area contributed by atoms with Gasteiger partial charge in [-0.2, -0.15) is 5.10 Å². The highest BCUT2D eigenvalue weighted by Gasteiger charge is 2.65. The summed E-state index contributed by atoms with van der Waals surface area (Å²) >= 11 is 3.49. The maximum Gasteiger partial charge on any atom is 0.245 e. The van der Waals surface area contributed by atoms with Crippen LogP contribution >= 0.6 is 15.9 Å². The Morgan fingerprint density at radius 3 is 2.65 bits per heavy atom. The summed E-state index contributed by atoms with van der Waals surface area (Å²) in [4.78, 5) is 60.6. The SMILES string of the molecule is CC(=O)c1nn(CC(=O)N2[C@H]3C[C@@]4(C=CCCCCCCc5ccc(Br)nc5CC3=O)C[C@@H]24)c2cnc(-c3cnc(C)nc3)cc12. The molecule has 3 atom stereocenters. The number of hydrogen-bond acceptors (Lipinski definition) is 8. The number of likely N-dealkylation sites (tertiary alicyclic amines) is 1. The number of nitrogens with zero attached hydrogens (tertiary/aromatic N) is 7. The molecule has 2 bridgehead atoms. The Morgan fingerprint density at radius 2 is 1.85 bits per heavy atom. The molecule has 7 rings (SSSR count). The number of fused-ring (bicyclic) bond motifs is 3. The summed E-state index contributed by atoms with van der Waals surface area (Å²) in [5, 5.41) is 5.20. The van der Waals surface area contributed by atoms with E-state index >= 15 is 0 Å². The second-order valence-electron chi connectivity index (χ2n) is 12.9. The van der Waals surface area contributed by atoms with Crippen molar-refractivity contribution in [3.05, 3.63) is 76.3 Å². The van der Waals surface area contributed by atoms with E-state index in [1.807, 2.05) is 17.9 Å². The summed E-state index contributed by atoms with van der Waals surface area (Å²) in [5.74, 6) is 0.267. The van der Waals surface area contributed by atoms with Crippen molar-refractivity contribution in [1.82, 2.24) is 34.6 Å². The van der Waals surface area contributed by atoms with Crippen LogP contribution in [0.3, 0.4) is 0 Å². The quantitative estimate of drug-likeness (QED) is 0.151. The van der Waals surface area contributed by atoms with Gasteiger partial charge in [0.05, 0.1) is 35.6 Å². The molecular formula is C35H36BrN7O3. The average molecular weight is 683 g/mol. The van der Waals surface area contributed by atoms with Crippen molar-refractivity contribution in [2.24, 2.45) is 5.41 Å². The fraction of sp³-hybridized carbons (Fsp3) is 0.429. The van der Waals surface area contributed by atoms with E-state index in [4.69, 9.17) is 4.98 Å². The summed E-state index contributed by atoms with van der Waals surface area (Å²) in [5.41, 5.74) is 3.90. The van der Waals surface area contributed by atoms with Crippen molar-refractivity contribution in [1.29, 1.82) is 0 Å². The Labute approximate surface area is 275 Å². The molecule has 2 aliphatic carbocycles. The van der Waals surface area contributed by atoms with Crippen LogP contribution in [-0.4, -0.2) is 64.2 Å². The zero-order chi connectivity index (χ0) is 32.0. The molecule has 1 saturated heterocycles. The van der Waals surface area contributed by atoms with E-state index in [0.29, 0.717) is 33.4 Å². The first-order chi connectivity index (χ1) is 22.2. The standard InChI is InChI=1S/C35H36BrN7O3/c1-21(44)34-25-13-26(24-17-37-22(2)38-18-24)39-19-29(25)42(41-34)20-33(46)43-28-15-35(16-31(35)43)12-8-6-4-3-5-7-9-23-10-11-32(36)40-27(23)14-30(28)45/h8,10-13,17-19,28,31H,3-7,9,14-16,20H2,1-2H3/t28-,31+,35-/m0/s1. The van der Waals surface area contributed by atoms with Crippen LogP contribution < -0.4 is 0 Å². The second kappa shape index (κ2) is 12.2. The number of hydrogen-bond donors (Lipinski definition) is 0. The molecule has 0 radical (unpaired) electrons. The lowest BCUT2D eigenvalue weighted by Crippen LogP contribution is -2.45. The second-order valence-corrected chi connectivity index (χ2v) is 13.7. The molecule has 1 amide bonds. The molecule has 1 spiro atoms. The zero-order valence-electron chi connectivity index (χ0n) is 26.1. The smallest absolute Gasteiger partial charge is 0.245 e. The van der Waals surface area contributed by atoms with Gasteiger partial charge < -0.3 is 4.90 Å². The molecule has 5 heterocycles. The summed E-state index contributed by atoms with van der Waals surface area (Å²) in [7, 11) is 0. The lowest BCUT2D eigenvalue weighted by molar-refractivity contribution is -0.139. The number of ketones is 2. The van der Waals surface area contributed by atoms with Crippen molar-refractivity contribution in [2.45, 2.75) is 90.3 Å². The predicted molar refractivity (Wildman–Crippen MR) is 176 cm³/mol. The fourth-order valence-electron chi connectivity index (χ4n) is 7.20. The number of amides is 1. The maximum atomic E-state index is 14.2. The highest BCUT2D eigenvalue weighted by atomic mass is 79.9. The van der Waals surface area contributed by atoms with Crippen molar-refractivity contribution in [3.8, 4) is 11.3 Å². The molecule has 1 saturated carbocycles. The molecular weight excluding hydrogens is 646 g/mol. The Kier molecular flexibility index (Phi) is 8.12. The van der Waals surface area contributed by atoms with Crippen LogP contribution in [0.5, 0.6) is 0 Å². The molecule has 4 aromatic rings. The van der Waals surface area contributed by atoms with Crippen molar-refractivity contribution < 1.29 is 14.4 Å². The van der Waals surface area contributed by atoms with Crippen molar-refractivity contribution >= 4 is 44.3 Å². The molecule has 0 N–H and O–H groups in total. The maximum absolute atomic E-state index is 14.2. The molecule has 11 heteroatoms. The van der Waals surface area contributed by atoms with Gasteiger partial charge in [-0.3, -0.25) is 24.0 Å². The number of allylic oxidation sites excluding steroid dienone is 1. The van der Waals surface area contributed by atoms with E-state index < -0.39 is 6.04 Å². The Morgan fingerprint density at radius 1 is 1.04 bits per heavy atom. The third-order valence-corrected chi connectivity index (χ3v) is 10.1. The number of carbonyl (C=O) groups is 3. The van der Waals surface area contributed by atoms with Gasteiger partial charge in [0.2, 0.25) is 5.91 Å². The van der Waals surface area contributed by atoms with E-state index in [1.54, 1.807) is 29.3 Å². The van der Waals surface area contributed by atoms with Gasteiger partial charge in [-0.25, -0.2) is 15.0 Å². The van der Waals surface area contributed by atoms with Gasteiger partial charge in [-0.15, -0.1) is 0 Å². The highest BCUT2D eigenvalue weighted by Crippen LogP contribution is 2.61. The number of carbonyl (C=O) groups excluding carboxylic acids is 3. The van der Waals surface area contributed by atoms with Crippen molar-refractivity contribution in [3.63, 3.8) is 0 Å². The first kappa shape index (κ1) is 30.5. The van der Waals surface area contributed by atoms with Gasteiger partial charge in [0.15, 0.2) is 11.6 Å². The minimum Gasteiger partial charge on any atom is -0.327 e. The van der Waals surface area contributed by atoms with Gasteiger partial charge in [-0.05, 0) is 79.1 Å². The van der Waals surface area contributed by atoms with E-state index in [2.05, 4.69) is 54.2 Å². The Bertz CT molecular complexity index is 1890. The molecule has 0 aromatic carbocycles. The molecule has 46 heavy (non-hydrogen) atoms. The summed E-state index contributed by atoms with van der Waals surface area (Å²) in [6, 6.07) is 5.22. The van der Waals surface area contributed by atoms with Crippen LogP contribution in [-0.2, 0) is 29.0 Å². The first-order valence-corrected chi connectivity index (χ1v) is 16.8.